The van der Waals surface area contributed by atoms with Crippen LogP contribution in [0.3, 0.4) is 0 Å². The number of hydrogen-bond acceptors (Lipinski definition) is 4. The number of rotatable bonds is 2. The molecule has 0 radical (unpaired) electrons. The van der Waals surface area contributed by atoms with E-state index in [1.807, 2.05) is 24.3 Å². The summed E-state index contributed by atoms with van der Waals surface area (Å²) in [6.07, 6.45) is 1.64. The minimum absolute atomic E-state index is 0.153. The molecule has 3 rings (SSSR count). The summed E-state index contributed by atoms with van der Waals surface area (Å²) in [5.41, 5.74) is 8.02. The standard InChI is InChI=1S/C15H15N3O3/c1-9-13(21-8-17-9)15(20)18-7-11-5-3-2-4-10(11)6-12(18)14(16)19/h2-5,8,12H,6-7H2,1H3,(H2,16,19). The lowest BCUT2D eigenvalue weighted by Crippen LogP contribution is -2.51. The molecule has 0 aliphatic carbocycles. The molecule has 21 heavy (non-hydrogen) atoms. The molecule has 0 spiro atoms. The van der Waals surface area contributed by atoms with Crippen molar-refractivity contribution in [3.05, 3.63) is 53.2 Å². The van der Waals surface area contributed by atoms with Gasteiger partial charge in [0.05, 0.1) is 5.69 Å². The van der Waals surface area contributed by atoms with Gasteiger partial charge >= 0.3 is 0 Å². The van der Waals surface area contributed by atoms with E-state index in [0.29, 0.717) is 18.7 Å². The third kappa shape index (κ3) is 2.29. The van der Waals surface area contributed by atoms with Gasteiger partial charge in [0.2, 0.25) is 11.7 Å². The highest BCUT2D eigenvalue weighted by Crippen LogP contribution is 2.25. The van der Waals surface area contributed by atoms with Crippen molar-refractivity contribution in [2.45, 2.75) is 25.9 Å². The second-order valence-corrected chi connectivity index (χ2v) is 5.09. The molecule has 0 saturated heterocycles. The van der Waals surface area contributed by atoms with Gasteiger partial charge in [-0.3, -0.25) is 9.59 Å². The first-order valence-corrected chi connectivity index (χ1v) is 6.65. The quantitative estimate of drug-likeness (QED) is 0.892. The lowest BCUT2D eigenvalue weighted by molar-refractivity contribution is -0.122. The van der Waals surface area contributed by atoms with Crippen LogP contribution in [0.1, 0.15) is 27.4 Å². The average Bonchev–Trinajstić information content (AvgIpc) is 2.91. The Bertz CT molecular complexity index is 708. The van der Waals surface area contributed by atoms with Crippen molar-refractivity contribution in [3.8, 4) is 0 Å². The van der Waals surface area contributed by atoms with Gasteiger partial charge in [-0.1, -0.05) is 24.3 Å². The van der Waals surface area contributed by atoms with E-state index in [2.05, 4.69) is 4.98 Å². The summed E-state index contributed by atoms with van der Waals surface area (Å²) < 4.78 is 5.14. The molecule has 6 heteroatoms. The van der Waals surface area contributed by atoms with E-state index in [4.69, 9.17) is 10.2 Å². The fourth-order valence-electron chi connectivity index (χ4n) is 2.63. The first kappa shape index (κ1) is 13.4. The monoisotopic (exact) mass is 285 g/mol. The van der Waals surface area contributed by atoms with Gasteiger partial charge in [-0.25, -0.2) is 4.98 Å². The highest BCUT2D eigenvalue weighted by Gasteiger charge is 2.35. The van der Waals surface area contributed by atoms with Gasteiger partial charge in [0, 0.05) is 13.0 Å². The minimum Gasteiger partial charge on any atom is -0.438 e. The SMILES string of the molecule is Cc1ncoc1C(=O)N1Cc2ccccc2CC1C(N)=O. The molecule has 2 heterocycles. The van der Waals surface area contributed by atoms with Gasteiger partial charge in [0.15, 0.2) is 6.39 Å². The number of primary amides is 1. The zero-order valence-electron chi connectivity index (χ0n) is 11.6. The number of carbonyl (C=O) groups is 2. The first-order chi connectivity index (χ1) is 10.1. The number of aromatic nitrogens is 1. The second-order valence-electron chi connectivity index (χ2n) is 5.09. The molecule has 1 aliphatic heterocycles. The van der Waals surface area contributed by atoms with Crippen LogP contribution in [0, 0.1) is 6.92 Å². The second kappa shape index (κ2) is 5.05. The molecule has 2 amide bonds. The fourth-order valence-corrected chi connectivity index (χ4v) is 2.63. The fraction of sp³-hybridized carbons (Fsp3) is 0.267. The van der Waals surface area contributed by atoms with Crippen molar-refractivity contribution in [2.75, 3.05) is 0 Å². The van der Waals surface area contributed by atoms with Gasteiger partial charge < -0.3 is 15.1 Å². The van der Waals surface area contributed by atoms with Crippen molar-refractivity contribution < 1.29 is 14.0 Å². The number of hydrogen-bond donors (Lipinski definition) is 1. The first-order valence-electron chi connectivity index (χ1n) is 6.65. The van der Waals surface area contributed by atoms with Crippen LogP contribution in [0.15, 0.2) is 35.1 Å². The summed E-state index contributed by atoms with van der Waals surface area (Å²) >= 11 is 0. The predicted molar refractivity (Wildman–Crippen MR) is 74.2 cm³/mol. The Morgan fingerprint density at radius 1 is 1.33 bits per heavy atom. The molecule has 0 fully saturated rings. The van der Waals surface area contributed by atoms with E-state index in [9.17, 15) is 9.59 Å². The highest BCUT2D eigenvalue weighted by molar-refractivity contribution is 5.96. The van der Waals surface area contributed by atoms with Gasteiger partial charge in [-0.05, 0) is 18.1 Å². The van der Waals surface area contributed by atoms with Gasteiger partial charge in [0.1, 0.15) is 6.04 Å². The maximum atomic E-state index is 12.6. The molecule has 1 atom stereocenters. The lowest BCUT2D eigenvalue weighted by Gasteiger charge is -2.34. The Labute approximate surface area is 121 Å². The molecule has 6 nitrogen and oxygen atoms in total. The molecule has 1 unspecified atom stereocenters. The number of aryl methyl sites for hydroxylation is 1. The molecule has 1 aliphatic rings. The van der Waals surface area contributed by atoms with E-state index in [-0.39, 0.29) is 11.7 Å². The smallest absolute Gasteiger partial charge is 0.292 e. The molecule has 0 saturated carbocycles. The Morgan fingerprint density at radius 2 is 2.05 bits per heavy atom. The van der Waals surface area contributed by atoms with Crippen LogP contribution in [0.25, 0.3) is 0 Å². The van der Waals surface area contributed by atoms with Crippen molar-refractivity contribution in [1.82, 2.24) is 9.88 Å². The number of carbonyl (C=O) groups excluding carboxylic acids is 2. The molecular formula is C15H15N3O3. The summed E-state index contributed by atoms with van der Waals surface area (Å²) in [4.78, 5) is 29.7. The normalized spacial score (nSPS) is 17.4. The number of amides is 2. The molecule has 0 bridgehead atoms. The summed E-state index contributed by atoms with van der Waals surface area (Å²) in [5.74, 6) is -0.723. The Balaban J connectivity index is 1.98. The van der Waals surface area contributed by atoms with Crippen LogP contribution in [0.5, 0.6) is 0 Å². The van der Waals surface area contributed by atoms with Gasteiger partial charge in [-0.2, -0.15) is 0 Å². The summed E-state index contributed by atoms with van der Waals surface area (Å²) in [6, 6.07) is 7.05. The molecule has 2 aromatic rings. The Kier molecular flexibility index (Phi) is 3.21. The topological polar surface area (TPSA) is 89.4 Å². The predicted octanol–water partition coefficient (Wildman–Crippen LogP) is 1.04. The number of fused-ring (bicyclic) bond motifs is 1. The molecule has 1 aromatic heterocycles. The van der Waals surface area contributed by atoms with Crippen LogP contribution < -0.4 is 5.73 Å². The van der Waals surface area contributed by atoms with Crippen LogP contribution in [0.4, 0.5) is 0 Å². The Hall–Kier alpha value is -2.63. The lowest BCUT2D eigenvalue weighted by atomic mass is 9.93. The van der Waals surface area contributed by atoms with E-state index in [1.165, 1.54) is 11.3 Å². The molecule has 2 N–H and O–H groups in total. The van der Waals surface area contributed by atoms with E-state index in [1.54, 1.807) is 6.92 Å². The largest absolute Gasteiger partial charge is 0.438 e. The summed E-state index contributed by atoms with van der Waals surface area (Å²) in [6.45, 7) is 2.02. The van der Waals surface area contributed by atoms with Crippen molar-refractivity contribution >= 4 is 11.8 Å². The molecule has 108 valence electrons. The highest BCUT2D eigenvalue weighted by atomic mass is 16.3. The third-order valence-electron chi connectivity index (χ3n) is 3.78. The maximum Gasteiger partial charge on any atom is 0.292 e. The zero-order valence-corrected chi connectivity index (χ0v) is 11.6. The number of nitrogens with two attached hydrogens (primary N) is 1. The van der Waals surface area contributed by atoms with Crippen molar-refractivity contribution in [2.24, 2.45) is 5.73 Å². The Morgan fingerprint density at radius 3 is 2.67 bits per heavy atom. The number of nitrogens with zero attached hydrogens (tertiary/aromatic N) is 2. The number of benzene rings is 1. The van der Waals surface area contributed by atoms with Crippen LogP contribution in [-0.2, 0) is 17.8 Å². The third-order valence-corrected chi connectivity index (χ3v) is 3.78. The van der Waals surface area contributed by atoms with Crippen molar-refractivity contribution in [1.29, 1.82) is 0 Å². The number of oxazole rings is 1. The summed E-state index contributed by atoms with van der Waals surface area (Å²) in [7, 11) is 0. The van der Waals surface area contributed by atoms with E-state index >= 15 is 0 Å². The average molecular weight is 285 g/mol. The van der Waals surface area contributed by atoms with Crippen LogP contribution in [0.2, 0.25) is 0 Å². The van der Waals surface area contributed by atoms with Gasteiger partial charge in [0.25, 0.3) is 5.91 Å². The van der Waals surface area contributed by atoms with E-state index < -0.39 is 11.9 Å². The van der Waals surface area contributed by atoms with Crippen LogP contribution >= 0.6 is 0 Å². The van der Waals surface area contributed by atoms with Crippen LogP contribution in [-0.4, -0.2) is 27.7 Å². The van der Waals surface area contributed by atoms with Crippen molar-refractivity contribution in [3.63, 3.8) is 0 Å². The maximum absolute atomic E-state index is 12.6. The zero-order chi connectivity index (χ0) is 15.0. The van der Waals surface area contributed by atoms with Gasteiger partial charge in [-0.15, -0.1) is 0 Å². The summed E-state index contributed by atoms with van der Waals surface area (Å²) in [5, 5.41) is 0. The van der Waals surface area contributed by atoms with E-state index in [0.717, 1.165) is 11.1 Å². The molecular weight excluding hydrogens is 270 g/mol. The minimum atomic E-state index is -0.670. The molecule has 1 aromatic carbocycles.